The summed E-state index contributed by atoms with van der Waals surface area (Å²) in [6, 6.07) is 12.2. The topological polar surface area (TPSA) is 108 Å². The molecule has 0 radical (unpaired) electrons. The van der Waals surface area contributed by atoms with Crippen molar-refractivity contribution < 1.29 is 14.6 Å². The Hall–Kier alpha value is -2.93. The minimum Gasteiger partial charge on any atom is -0.380 e. The molecule has 112 valence electrons. The van der Waals surface area contributed by atoms with Crippen LogP contribution in [0.4, 0.5) is 5.69 Å². The van der Waals surface area contributed by atoms with Crippen molar-refractivity contribution in [1.29, 1.82) is 0 Å². The molecule has 0 atom stereocenters. The molecule has 0 unspecified atom stereocenters. The number of nitro groups is 1. The lowest BCUT2D eigenvalue weighted by Crippen LogP contribution is -2.15. The number of hydrogen-bond acceptors (Lipinski definition) is 5. The van der Waals surface area contributed by atoms with E-state index in [0.717, 1.165) is 6.07 Å². The Balaban J connectivity index is 2.22. The third kappa shape index (κ3) is 3.58. The summed E-state index contributed by atoms with van der Waals surface area (Å²) in [7, 11) is 0. The highest BCUT2D eigenvalue weighted by molar-refractivity contribution is 6.31. The maximum atomic E-state index is 11.9. The van der Waals surface area contributed by atoms with Crippen LogP contribution in [0.1, 0.15) is 15.9 Å². The summed E-state index contributed by atoms with van der Waals surface area (Å²) in [5.41, 5.74) is 5.49. The molecule has 0 amide bonds. The quantitative estimate of drug-likeness (QED) is 0.306. The van der Waals surface area contributed by atoms with E-state index in [0.29, 0.717) is 5.56 Å². The maximum absolute atomic E-state index is 11.9. The molecule has 0 aliphatic carbocycles. The summed E-state index contributed by atoms with van der Waals surface area (Å²) in [4.78, 5) is 26.7. The average Bonchev–Trinajstić information content (AvgIpc) is 2.53. The molecule has 0 aromatic heterocycles. The first-order valence-corrected chi connectivity index (χ1v) is 6.41. The van der Waals surface area contributed by atoms with Crippen LogP contribution in [0.3, 0.4) is 0 Å². The lowest BCUT2D eigenvalue weighted by molar-refractivity contribution is -0.385. The zero-order valence-corrected chi connectivity index (χ0v) is 11.9. The van der Waals surface area contributed by atoms with Gasteiger partial charge in [0.25, 0.3) is 5.69 Å². The van der Waals surface area contributed by atoms with Gasteiger partial charge < -0.3 is 10.6 Å². The molecule has 2 aromatic carbocycles. The minimum atomic E-state index is -0.998. The van der Waals surface area contributed by atoms with Gasteiger partial charge in [-0.2, -0.15) is 0 Å². The van der Waals surface area contributed by atoms with Crippen LogP contribution in [0.2, 0.25) is 5.02 Å². The summed E-state index contributed by atoms with van der Waals surface area (Å²) >= 11 is 5.67. The third-order valence-electron chi connectivity index (χ3n) is 2.67. The number of nitrogens with zero attached hydrogens (tertiary/aromatic N) is 2. The predicted octanol–water partition coefficient (Wildman–Crippen LogP) is 2.73. The number of carbonyl (C=O) groups excluding carboxylic acids is 1. The van der Waals surface area contributed by atoms with Crippen molar-refractivity contribution in [2.75, 3.05) is 0 Å². The number of nitrogens with two attached hydrogens (primary N) is 1. The zero-order valence-electron chi connectivity index (χ0n) is 11.1. The number of oxime groups is 1. The smallest absolute Gasteiger partial charge is 0.372 e. The lowest BCUT2D eigenvalue weighted by Gasteiger charge is -2.02. The van der Waals surface area contributed by atoms with Crippen LogP contribution in [0.15, 0.2) is 53.7 Å². The molecule has 2 rings (SSSR count). The predicted molar refractivity (Wildman–Crippen MR) is 80.7 cm³/mol. The van der Waals surface area contributed by atoms with Gasteiger partial charge in [0.15, 0.2) is 5.84 Å². The highest BCUT2D eigenvalue weighted by atomic mass is 35.5. The molecule has 8 heteroatoms. The molecule has 0 saturated heterocycles. The number of carbonyl (C=O) groups is 1. The molecule has 2 N–H and O–H groups in total. The van der Waals surface area contributed by atoms with Crippen molar-refractivity contribution in [2.45, 2.75) is 0 Å². The van der Waals surface area contributed by atoms with Crippen LogP contribution in [-0.2, 0) is 4.84 Å². The van der Waals surface area contributed by atoms with E-state index < -0.39 is 16.6 Å². The maximum Gasteiger partial charge on any atom is 0.372 e. The number of rotatable bonds is 4. The molecule has 22 heavy (non-hydrogen) atoms. The number of hydrogen-bond donors (Lipinski definition) is 1. The molecule has 0 aliphatic rings. The molecule has 0 fully saturated rings. The molecule has 0 spiro atoms. The van der Waals surface area contributed by atoms with E-state index in [-0.39, 0.29) is 16.4 Å². The number of halogens is 1. The van der Waals surface area contributed by atoms with Crippen molar-refractivity contribution in [3.63, 3.8) is 0 Å². The van der Waals surface area contributed by atoms with Crippen molar-refractivity contribution >= 4 is 29.1 Å². The summed E-state index contributed by atoms with van der Waals surface area (Å²) in [5, 5.41) is 14.5. The second-order valence-electron chi connectivity index (χ2n) is 4.14. The fourth-order valence-electron chi connectivity index (χ4n) is 1.63. The first kappa shape index (κ1) is 15.5. The van der Waals surface area contributed by atoms with E-state index in [2.05, 4.69) is 9.99 Å². The number of nitro benzene ring substituents is 1. The molecule has 2 aromatic rings. The van der Waals surface area contributed by atoms with E-state index in [1.807, 2.05) is 0 Å². The Morgan fingerprint density at radius 1 is 1.23 bits per heavy atom. The molecule has 0 aliphatic heterocycles. The second-order valence-corrected chi connectivity index (χ2v) is 4.58. The Bertz CT molecular complexity index is 747. The van der Waals surface area contributed by atoms with Crippen molar-refractivity contribution in [1.82, 2.24) is 0 Å². The minimum absolute atomic E-state index is 0.0226. The number of amidine groups is 1. The van der Waals surface area contributed by atoms with Crippen molar-refractivity contribution in [2.24, 2.45) is 10.9 Å². The SMILES string of the molecule is NC(=NOC(=O)c1ccc(Cl)cc1[N+](=O)[O-])c1ccccc1. The highest BCUT2D eigenvalue weighted by Crippen LogP contribution is 2.23. The second kappa shape index (κ2) is 6.68. The third-order valence-corrected chi connectivity index (χ3v) is 2.91. The Morgan fingerprint density at radius 3 is 2.55 bits per heavy atom. The Labute approximate surface area is 130 Å². The van der Waals surface area contributed by atoms with Gasteiger partial charge in [0.2, 0.25) is 0 Å². The van der Waals surface area contributed by atoms with Gasteiger partial charge >= 0.3 is 5.97 Å². The highest BCUT2D eigenvalue weighted by Gasteiger charge is 2.22. The summed E-state index contributed by atoms with van der Waals surface area (Å²) in [6.45, 7) is 0. The Kier molecular flexibility index (Phi) is 4.70. The van der Waals surface area contributed by atoms with E-state index in [4.69, 9.17) is 17.3 Å². The summed E-state index contributed by atoms with van der Waals surface area (Å²) in [6.07, 6.45) is 0. The lowest BCUT2D eigenvalue weighted by atomic mass is 10.2. The monoisotopic (exact) mass is 319 g/mol. The van der Waals surface area contributed by atoms with Crippen LogP contribution < -0.4 is 5.73 Å². The van der Waals surface area contributed by atoms with Crippen LogP contribution in [0, 0.1) is 10.1 Å². The van der Waals surface area contributed by atoms with Gasteiger partial charge in [-0.1, -0.05) is 47.1 Å². The van der Waals surface area contributed by atoms with E-state index in [9.17, 15) is 14.9 Å². The average molecular weight is 320 g/mol. The van der Waals surface area contributed by atoms with E-state index in [1.165, 1.54) is 12.1 Å². The van der Waals surface area contributed by atoms with Crippen molar-refractivity contribution in [3.8, 4) is 0 Å². The summed E-state index contributed by atoms with van der Waals surface area (Å²) in [5.74, 6) is -1.02. The normalized spacial score (nSPS) is 11.0. The molecule has 0 bridgehead atoms. The van der Waals surface area contributed by atoms with Crippen molar-refractivity contribution in [3.05, 3.63) is 74.8 Å². The molecule has 0 heterocycles. The van der Waals surface area contributed by atoms with E-state index >= 15 is 0 Å². The van der Waals surface area contributed by atoms with Crippen LogP contribution in [0.5, 0.6) is 0 Å². The molecular formula is C14H10ClN3O4. The molecule has 0 saturated carbocycles. The van der Waals surface area contributed by atoms with Crippen LogP contribution >= 0.6 is 11.6 Å². The first-order chi connectivity index (χ1) is 10.5. The Morgan fingerprint density at radius 2 is 1.91 bits per heavy atom. The summed E-state index contributed by atoms with van der Waals surface area (Å²) < 4.78 is 0. The van der Waals surface area contributed by atoms with Gasteiger partial charge in [-0.25, -0.2) is 4.79 Å². The van der Waals surface area contributed by atoms with Crippen LogP contribution in [0.25, 0.3) is 0 Å². The van der Waals surface area contributed by atoms with Gasteiger partial charge in [-0.05, 0) is 12.1 Å². The van der Waals surface area contributed by atoms with Gasteiger partial charge in [0.1, 0.15) is 5.56 Å². The van der Waals surface area contributed by atoms with Gasteiger partial charge in [0.05, 0.1) is 4.92 Å². The zero-order chi connectivity index (χ0) is 16.1. The fraction of sp³-hybridized carbons (Fsp3) is 0. The molecule has 7 nitrogen and oxygen atoms in total. The van der Waals surface area contributed by atoms with E-state index in [1.54, 1.807) is 30.3 Å². The first-order valence-electron chi connectivity index (χ1n) is 6.03. The van der Waals surface area contributed by atoms with Gasteiger partial charge in [-0.3, -0.25) is 10.1 Å². The largest absolute Gasteiger partial charge is 0.380 e. The fourth-order valence-corrected chi connectivity index (χ4v) is 1.80. The van der Waals surface area contributed by atoms with Gasteiger partial charge in [0, 0.05) is 16.7 Å². The molecular weight excluding hydrogens is 310 g/mol. The standard InChI is InChI=1S/C14H10ClN3O4/c15-10-6-7-11(12(8-10)18(20)21)14(19)22-17-13(16)9-4-2-1-3-5-9/h1-8H,(H2,16,17). The van der Waals surface area contributed by atoms with Gasteiger partial charge in [-0.15, -0.1) is 0 Å². The van der Waals surface area contributed by atoms with Crippen LogP contribution in [-0.4, -0.2) is 16.7 Å². The number of benzene rings is 2.